The van der Waals surface area contributed by atoms with E-state index in [4.69, 9.17) is 10.5 Å². The van der Waals surface area contributed by atoms with Gasteiger partial charge in [0.15, 0.2) is 0 Å². The Morgan fingerprint density at radius 1 is 1.37 bits per heavy atom. The molecule has 0 radical (unpaired) electrons. The molecular formula is C14H16N2O2S. The molecule has 100 valence electrons. The monoisotopic (exact) mass is 276 g/mol. The van der Waals surface area contributed by atoms with Crippen molar-refractivity contribution in [3.05, 3.63) is 45.6 Å². The van der Waals surface area contributed by atoms with Gasteiger partial charge in [0.25, 0.3) is 5.91 Å². The Hall–Kier alpha value is -2.01. The summed E-state index contributed by atoms with van der Waals surface area (Å²) >= 11 is 1.67. The van der Waals surface area contributed by atoms with E-state index in [1.165, 1.54) is 12.0 Å². The van der Waals surface area contributed by atoms with Gasteiger partial charge in [0.2, 0.25) is 0 Å². The SMILES string of the molecule is COc1cc(N)ccc1C(=O)NCc1ccc(C)s1. The van der Waals surface area contributed by atoms with E-state index < -0.39 is 0 Å². The summed E-state index contributed by atoms with van der Waals surface area (Å²) in [6, 6.07) is 9.05. The highest BCUT2D eigenvalue weighted by Gasteiger charge is 2.12. The molecule has 3 N–H and O–H groups in total. The van der Waals surface area contributed by atoms with Crippen LogP contribution in [-0.4, -0.2) is 13.0 Å². The predicted molar refractivity (Wildman–Crippen MR) is 77.6 cm³/mol. The number of anilines is 1. The first kappa shape index (κ1) is 13.4. The van der Waals surface area contributed by atoms with Crippen LogP contribution in [0.5, 0.6) is 5.75 Å². The summed E-state index contributed by atoms with van der Waals surface area (Å²) in [5.74, 6) is 0.322. The van der Waals surface area contributed by atoms with Crippen LogP contribution in [0.2, 0.25) is 0 Å². The molecule has 0 saturated heterocycles. The number of ether oxygens (including phenoxy) is 1. The summed E-state index contributed by atoms with van der Waals surface area (Å²) in [7, 11) is 1.52. The number of hydrogen-bond acceptors (Lipinski definition) is 4. The second-order valence-corrected chi connectivity index (χ2v) is 5.53. The average molecular weight is 276 g/mol. The van der Waals surface area contributed by atoms with Gasteiger partial charge in [0, 0.05) is 21.5 Å². The van der Waals surface area contributed by atoms with Crippen LogP contribution in [0.25, 0.3) is 0 Å². The standard InChI is InChI=1S/C14H16N2O2S/c1-9-3-5-11(19-9)8-16-14(17)12-6-4-10(15)7-13(12)18-2/h3-7H,8,15H2,1-2H3,(H,16,17). The molecule has 2 rings (SSSR count). The number of benzene rings is 1. The first-order chi connectivity index (χ1) is 9.10. The maximum Gasteiger partial charge on any atom is 0.255 e. The molecule has 19 heavy (non-hydrogen) atoms. The molecule has 0 fully saturated rings. The van der Waals surface area contributed by atoms with Crippen LogP contribution >= 0.6 is 11.3 Å². The number of amides is 1. The van der Waals surface area contributed by atoms with Gasteiger partial charge < -0.3 is 15.8 Å². The van der Waals surface area contributed by atoms with Crippen molar-refractivity contribution in [2.75, 3.05) is 12.8 Å². The number of rotatable bonds is 4. The van der Waals surface area contributed by atoms with Gasteiger partial charge in [0.05, 0.1) is 19.2 Å². The lowest BCUT2D eigenvalue weighted by molar-refractivity contribution is 0.0948. The number of carbonyl (C=O) groups excluding carboxylic acids is 1. The lowest BCUT2D eigenvalue weighted by Crippen LogP contribution is -2.22. The molecule has 0 aliphatic rings. The molecule has 5 heteroatoms. The Morgan fingerprint density at radius 3 is 2.79 bits per heavy atom. The molecule has 4 nitrogen and oxygen atoms in total. The summed E-state index contributed by atoms with van der Waals surface area (Å²) in [5.41, 5.74) is 6.72. The summed E-state index contributed by atoms with van der Waals surface area (Å²) in [6.07, 6.45) is 0. The molecule has 0 spiro atoms. The number of thiophene rings is 1. The van der Waals surface area contributed by atoms with E-state index >= 15 is 0 Å². The van der Waals surface area contributed by atoms with Gasteiger partial charge in [-0.3, -0.25) is 4.79 Å². The predicted octanol–water partition coefficient (Wildman–Crippen LogP) is 2.58. The Bertz CT molecular complexity index is 593. The Balaban J connectivity index is 2.07. The van der Waals surface area contributed by atoms with Gasteiger partial charge in [-0.15, -0.1) is 11.3 Å². The van der Waals surface area contributed by atoms with Crippen molar-refractivity contribution in [1.29, 1.82) is 0 Å². The topological polar surface area (TPSA) is 64.3 Å². The highest BCUT2D eigenvalue weighted by Crippen LogP contribution is 2.21. The summed E-state index contributed by atoms with van der Waals surface area (Å²) in [6.45, 7) is 2.56. The lowest BCUT2D eigenvalue weighted by atomic mass is 10.1. The van der Waals surface area contributed by atoms with Crippen LogP contribution in [0.3, 0.4) is 0 Å². The fraction of sp³-hybridized carbons (Fsp3) is 0.214. The molecule has 0 aliphatic carbocycles. The number of hydrogen-bond donors (Lipinski definition) is 2. The molecule has 1 heterocycles. The van der Waals surface area contributed by atoms with Crippen molar-refractivity contribution < 1.29 is 9.53 Å². The van der Waals surface area contributed by atoms with E-state index in [0.29, 0.717) is 23.5 Å². The van der Waals surface area contributed by atoms with Gasteiger partial charge in [-0.05, 0) is 31.2 Å². The molecule has 0 aliphatic heterocycles. The second-order valence-electron chi connectivity index (χ2n) is 4.15. The first-order valence-electron chi connectivity index (χ1n) is 5.87. The molecule has 1 aromatic carbocycles. The van der Waals surface area contributed by atoms with E-state index in [-0.39, 0.29) is 5.91 Å². The Morgan fingerprint density at radius 2 is 2.16 bits per heavy atom. The van der Waals surface area contributed by atoms with E-state index in [0.717, 1.165) is 4.88 Å². The highest BCUT2D eigenvalue weighted by atomic mass is 32.1. The molecular weight excluding hydrogens is 260 g/mol. The zero-order valence-corrected chi connectivity index (χ0v) is 11.7. The lowest BCUT2D eigenvalue weighted by Gasteiger charge is -2.09. The van der Waals surface area contributed by atoms with Crippen molar-refractivity contribution in [2.45, 2.75) is 13.5 Å². The zero-order chi connectivity index (χ0) is 13.8. The quantitative estimate of drug-likeness (QED) is 0.844. The third kappa shape index (κ3) is 3.26. The summed E-state index contributed by atoms with van der Waals surface area (Å²) < 4.78 is 5.17. The van der Waals surface area contributed by atoms with Crippen LogP contribution in [0.15, 0.2) is 30.3 Å². The Kier molecular flexibility index (Phi) is 4.06. The van der Waals surface area contributed by atoms with Crippen LogP contribution in [-0.2, 0) is 6.54 Å². The highest BCUT2D eigenvalue weighted by molar-refractivity contribution is 7.11. The second kappa shape index (κ2) is 5.75. The molecule has 0 saturated carbocycles. The van der Waals surface area contributed by atoms with Gasteiger partial charge in [-0.2, -0.15) is 0 Å². The van der Waals surface area contributed by atoms with Crippen molar-refractivity contribution in [2.24, 2.45) is 0 Å². The minimum absolute atomic E-state index is 0.164. The summed E-state index contributed by atoms with van der Waals surface area (Å²) in [4.78, 5) is 14.4. The molecule has 1 aromatic heterocycles. The van der Waals surface area contributed by atoms with Gasteiger partial charge in [-0.25, -0.2) is 0 Å². The fourth-order valence-corrected chi connectivity index (χ4v) is 2.57. The largest absolute Gasteiger partial charge is 0.496 e. The van der Waals surface area contributed by atoms with Gasteiger partial charge in [-0.1, -0.05) is 0 Å². The van der Waals surface area contributed by atoms with Crippen LogP contribution in [0.1, 0.15) is 20.1 Å². The normalized spacial score (nSPS) is 10.2. The van der Waals surface area contributed by atoms with Crippen LogP contribution in [0.4, 0.5) is 5.69 Å². The minimum atomic E-state index is -0.164. The van der Waals surface area contributed by atoms with E-state index in [2.05, 4.69) is 5.32 Å². The molecule has 1 amide bonds. The van der Waals surface area contributed by atoms with E-state index in [1.54, 1.807) is 29.5 Å². The van der Waals surface area contributed by atoms with E-state index in [9.17, 15) is 4.79 Å². The van der Waals surface area contributed by atoms with Crippen molar-refractivity contribution >= 4 is 22.9 Å². The van der Waals surface area contributed by atoms with Crippen LogP contribution < -0.4 is 15.8 Å². The van der Waals surface area contributed by atoms with Crippen molar-refractivity contribution in [3.8, 4) is 5.75 Å². The number of nitrogens with two attached hydrogens (primary N) is 1. The van der Waals surface area contributed by atoms with Crippen molar-refractivity contribution in [3.63, 3.8) is 0 Å². The first-order valence-corrected chi connectivity index (χ1v) is 6.69. The fourth-order valence-electron chi connectivity index (χ4n) is 1.74. The third-order valence-corrected chi connectivity index (χ3v) is 3.69. The third-order valence-electron chi connectivity index (χ3n) is 2.69. The average Bonchev–Trinajstić information content (AvgIpc) is 2.81. The molecule has 0 unspecified atom stereocenters. The Labute approximate surface area is 116 Å². The number of carbonyl (C=O) groups is 1. The zero-order valence-electron chi connectivity index (χ0n) is 10.9. The van der Waals surface area contributed by atoms with Crippen molar-refractivity contribution in [1.82, 2.24) is 5.32 Å². The maximum atomic E-state index is 12.1. The molecule has 2 aromatic rings. The van der Waals surface area contributed by atoms with Crippen LogP contribution in [0, 0.1) is 6.92 Å². The number of methoxy groups -OCH3 is 1. The number of nitrogen functional groups attached to an aromatic ring is 1. The summed E-state index contributed by atoms with van der Waals surface area (Å²) in [5, 5.41) is 2.87. The smallest absolute Gasteiger partial charge is 0.255 e. The maximum absolute atomic E-state index is 12.1. The van der Waals surface area contributed by atoms with Gasteiger partial charge in [0.1, 0.15) is 5.75 Å². The van der Waals surface area contributed by atoms with Gasteiger partial charge >= 0.3 is 0 Å². The van der Waals surface area contributed by atoms with E-state index in [1.807, 2.05) is 19.1 Å². The molecule has 0 bridgehead atoms. The minimum Gasteiger partial charge on any atom is -0.496 e. The molecule has 0 atom stereocenters. The number of aryl methyl sites for hydroxylation is 1. The number of nitrogens with one attached hydrogen (secondary N) is 1.